The Hall–Kier alpha value is -3.49. The van der Waals surface area contributed by atoms with E-state index in [-0.39, 0.29) is 11.3 Å². The summed E-state index contributed by atoms with van der Waals surface area (Å²) in [5.41, 5.74) is 1.57. The number of nitrogens with one attached hydrogen (secondary N) is 1. The third-order valence-electron chi connectivity index (χ3n) is 5.01. The molecule has 1 aliphatic rings. The highest BCUT2D eigenvalue weighted by Gasteiger charge is 2.29. The van der Waals surface area contributed by atoms with Crippen LogP contribution in [0.3, 0.4) is 0 Å². The molecule has 0 radical (unpaired) electrons. The van der Waals surface area contributed by atoms with Crippen LogP contribution in [-0.4, -0.2) is 15.5 Å². The fourth-order valence-corrected chi connectivity index (χ4v) is 3.45. The Morgan fingerprint density at radius 1 is 0.933 bits per heavy atom. The highest BCUT2D eigenvalue weighted by atomic mass is 19.2. The monoisotopic (exact) mass is 419 g/mol. The summed E-state index contributed by atoms with van der Waals surface area (Å²) in [6.07, 6.45) is 1.49. The summed E-state index contributed by atoms with van der Waals surface area (Å²) in [7, 11) is 0. The SMILES string of the molecule is CC1=Nc2c(C)cccc2C1=Cc1c(C)[nH]n(-c2c(F)c(F)c(F)c(F)c2F)c1=O. The standard InChI is InChI=1S/C21H14F5N3O/c1-8-5-4-6-11-12(9(2)27-19(8)11)7-13-10(3)28-29(21(13)30)20-17(25)15(23)14(22)16(24)18(20)26/h4-7,28H,1-3H3. The van der Waals surface area contributed by atoms with Crippen molar-refractivity contribution >= 4 is 23.0 Å². The van der Waals surface area contributed by atoms with Crippen LogP contribution in [0.5, 0.6) is 0 Å². The summed E-state index contributed by atoms with van der Waals surface area (Å²) in [4.78, 5) is 17.3. The fraction of sp³-hybridized carbons (Fsp3) is 0.143. The fourth-order valence-electron chi connectivity index (χ4n) is 3.45. The van der Waals surface area contributed by atoms with E-state index in [1.54, 1.807) is 6.92 Å². The van der Waals surface area contributed by atoms with Gasteiger partial charge in [0.2, 0.25) is 5.82 Å². The van der Waals surface area contributed by atoms with Crippen molar-refractivity contribution < 1.29 is 22.0 Å². The third kappa shape index (κ3) is 2.72. The number of rotatable bonds is 2. The van der Waals surface area contributed by atoms with Crippen LogP contribution in [0.15, 0.2) is 28.0 Å². The summed E-state index contributed by atoms with van der Waals surface area (Å²) in [6.45, 7) is 5.08. The number of fused-ring (bicyclic) bond motifs is 1. The largest absolute Gasteiger partial charge is 0.294 e. The second-order valence-corrected chi connectivity index (χ2v) is 6.94. The smallest absolute Gasteiger partial charge is 0.278 e. The predicted octanol–water partition coefficient (Wildman–Crippen LogP) is 5.12. The van der Waals surface area contributed by atoms with Gasteiger partial charge < -0.3 is 0 Å². The molecule has 1 N–H and O–H groups in total. The maximum absolute atomic E-state index is 14.2. The zero-order valence-electron chi connectivity index (χ0n) is 16.0. The molecule has 2 aromatic carbocycles. The Bertz CT molecular complexity index is 1320. The van der Waals surface area contributed by atoms with Crippen molar-refractivity contribution in [2.75, 3.05) is 0 Å². The van der Waals surface area contributed by atoms with Crippen LogP contribution in [-0.2, 0) is 0 Å². The van der Waals surface area contributed by atoms with Crippen molar-refractivity contribution in [3.05, 3.63) is 80.0 Å². The Morgan fingerprint density at radius 2 is 1.53 bits per heavy atom. The highest BCUT2D eigenvalue weighted by molar-refractivity contribution is 6.31. The molecular weight excluding hydrogens is 405 g/mol. The van der Waals surface area contributed by atoms with Crippen LogP contribution in [0, 0.1) is 42.9 Å². The van der Waals surface area contributed by atoms with Gasteiger partial charge in [-0.3, -0.25) is 14.9 Å². The van der Waals surface area contributed by atoms with E-state index in [4.69, 9.17) is 0 Å². The highest BCUT2D eigenvalue weighted by Crippen LogP contribution is 2.38. The summed E-state index contributed by atoms with van der Waals surface area (Å²) in [5, 5.41) is 2.39. The topological polar surface area (TPSA) is 50.1 Å². The molecule has 0 bridgehead atoms. The maximum atomic E-state index is 14.2. The lowest BCUT2D eigenvalue weighted by molar-refractivity contribution is 0.373. The van der Waals surface area contributed by atoms with Crippen molar-refractivity contribution in [2.45, 2.75) is 20.8 Å². The number of aryl methyl sites for hydroxylation is 2. The molecule has 30 heavy (non-hydrogen) atoms. The van der Waals surface area contributed by atoms with Gasteiger partial charge in [0.15, 0.2) is 23.3 Å². The first-order chi connectivity index (χ1) is 14.1. The van der Waals surface area contributed by atoms with Gasteiger partial charge in [0.05, 0.1) is 11.3 Å². The van der Waals surface area contributed by atoms with Crippen molar-refractivity contribution in [3.63, 3.8) is 0 Å². The number of aliphatic imine (C=N–C) groups is 1. The minimum atomic E-state index is -2.29. The van der Waals surface area contributed by atoms with Crippen LogP contribution in [0.4, 0.5) is 27.6 Å². The quantitative estimate of drug-likeness (QED) is 0.350. The zero-order chi connectivity index (χ0) is 21.9. The number of benzene rings is 2. The van der Waals surface area contributed by atoms with Crippen LogP contribution in [0.2, 0.25) is 0 Å². The molecule has 0 saturated carbocycles. The second kappa shape index (κ2) is 6.79. The van der Waals surface area contributed by atoms with Gasteiger partial charge in [0, 0.05) is 22.5 Å². The number of nitrogens with zero attached hydrogens (tertiary/aromatic N) is 2. The number of halogens is 5. The molecule has 0 unspecified atom stereocenters. The predicted molar refractivity (Wildman–Crippen MR) is 103 cm³/mol. The van der Waals surface area contributed by atoms with E-state index in [1.807, 2.05) is 25.1 Å². The second-order valence-electron chi connectivity index (χ2n) is 6.94. The molecule has 9 heteroatoms. The summed E-state index contributed by atoms with van der Waals surface area (Å²) in [6, 6.07) is 5.53. The molecule has 0 atom stereocenters. The lowest BCUT2D eigenvalue weighted by atomic mass is 9.99. The molecule has 2 heterocycles. The van der Waals surface area contributed by atoms with E-state index in [0.717, 1.165) is 16.8 Å². The third-order valence-corrected chi connectivity index (χ3v) is 5.01. The van der Waals surface area contributed by atoms with Crippen LogP contribution < -0.4 is 5.56 Å². The number of aromatic amines is 1. The number of aromatic nitrogens is 2. The molecule has 0 saturated heterocycles. The molecule has 4 rings (SSSR count). The molecule has 0 spiro atoms. The average molecular weight is 419 g/mol. The van der Waals surface area contributed by atoms with E-state index in [2.05, 4.69) is 10.1 Å². The lowest BCUT2D eigenvalue weighted by Gasteiger charge is -2.08. The number of para-hydroxylation sites is 1. The number of hydrogen-bond acceptors (Lipinski definition) is 2. The van der Waals surface area contributed by atoms with E-state index in [1.165, 1.54) is 13.0 Å². The van der Waals surface area contributed by atoms with Crippen LogP contribution in [0.25, 0.3) is 17.3 Å². The molecule has 0 aliphatic carbocycles. The van der Waals surface area contributed by atoms with E-state index >= 15 is 0 Å². The first kappa shape index (κ1) is 19.8. The van der Waals surface area contributed by atoms with Crippen molar-refractivity contribution in [3.8, 4) is 5.69 Å². The molecule has 1 aliphatic heterocycles. The molecule has 0 amide bonds. The summed E-state index contributed by atoms with van der Waals surface area (Å²) >= 11 is 0. The molecule has 3 aromatic rings. The number of hydrogen-bond donors (Lipinski definition) is 1. The molecule has 4 nitrogen and oxygen atoms in total. The summed E-state index contributed by atoms with van der Waals surface area (Å²) in [5.74, 6) is -10.8. The van der Waals surface area contributed by atoms with Gasteiger partial charge in [-0.25, -0.2) is 26.6 Å². The van der Waals surface area contributed by atoms with Gasteiger partial charge in [-0.05, 0) is 32.4 Å². The van der Waals surface area contributed by atoms with Gasteiger partial charge in [0.25, 0.3) is 5.56 Å². The Labute approximate surface area is 167 Å². The van der Waals surface area contributed by atoms with E-state index < -0.39 is 40.3 Å². The zero-order valence-corrected chi connectivity index (χ0v) is 16.0. The van der Waals surface area contributed by atoms with E-state index in [0.29, 0.717) is 16.0 Å². The molecule has 0 fully saturated rings. The summed E-state index contributed by atoms with van der Waals surface area (Å²) < 4.78 is 69.2. The lowest BCUT2D eigenvalue weighted by Crippen LogP contribution is -2.21. The van der Waals surface area contributed by atoms with Crippen molar-refractivity contribution in [1.82, 2.24) is 9.78 Å². The maximum Gasteiger partial charge on any atom is 0.278 e. The van der Waals surface area contributed by atoms with Gasteiger partial charge in [0.1, 0.15) is 5.69 Å². The number of allylic oxidation sites excluding steroid dienone is 1. The Morgan fingerprint density at radius 3 is 2.17 bits per heavy atom. The van der Waals surface area contributed by atoms with Gasteiger partial charge in [-0.1, -0.05) is 18.2 Å². The normalized spacial score (nSPS) is 14.4. The minimum absolute atomic E-state index is 0.0119. The van der Waals surface area contributed by atoms with Crippen molar-refractivity contribution in [2.24, 2.45) is 4.99 Å². The Kier molecular flexibility index (Phi) is 4.48. The Balaban J connectivity index is 1.94. The molecule has 154 valence electrons. The van der Waals surface area contributed by atoms with Crippen LogP contribution in [0.1, 0.15) is 29.3 Å². The average Bonchev–Trinajstić information content (AvgIpc) is 3.17. The first-order valence-electron chi connectivity index (χ1n) is 8.84. The minimum Gasteiger partial charge on any atom is -0.294 e. The van der Waals surface area contributed by atoms with Gasteiger partial charge in [-0.15, -0.1) is 0 Å². The number of H-pyrrole nitrogens is 1. The first-order valence-corrected chi connectivity index (χ1v) is 8.84. The van der Waals surface area contributed by atoms with Crippen molar-refractivity contribution in [1.29, 1.82) is 0 Å². The van der Waals surface area contributed by atoms with Gasteiger partial charge >= 0.3 is 0 Å². The molecular formula is C21H14F5N3O. The molecule has 1 aromatic heterocycles. The van der Waals surface area contributed by atoms with Crippen LogP contribution >= 0.6 is 0 Å². The van der Waals surface area contributed by atoms with Gasteiger partial charge in [-0.2, -0.15) is 0 Å². The van der Waals surface area contributed by atoms with E-state index in [9.17, 15) is 26.7 Å².